The standard InChI is InChI=1S/C31H32N12O11S3/c1-12-6-19(43-18(33-12)8-41(40-43)30(52)38-53)55-9-14-10-56-26-21(25(48)42(26)22(14)27(49)50)35-24(47)20(15-11-57-29(32)34-15)39-54-31(2,3)28(51)37-36-23(46)13-4-5-16(44)17(45)7-13/h4-8,11,21,26,40,44-45,53H,9-10H2,1-3H3,(H2,32,34)(H,35,47)(H,36,46)(H,37,51)(H,38,52)(H,49,50)/t21-,26-/m1/s1. The Morgan fingerprint density at radius 2 is 1.93 bits per heavy atom. The zero-order valence-electron chi connectivity index (χ0n) is 29.7. The molecule has 1 saturated heterocycles. The number of allylic oxidation sites excluding steroid dienone is 1. The fourth-order valence-corrected chi connectivity index (χ4v) is 8.39. The number of carbonyl (C=O) groups excluding carboxylic acids is 5. The number of nitrogens with two attached hydrogens (primary N) is 1. The molecule has 0 saturated carbocycles. The molecule has 26 heteroatoms. The smallest absolute Gasteiger partial charge is 0.361 e. The molecule has 4 aliphatic rings. The van der Waals surface area contributed by atoms with Crippen LogP contribution in [-0.2, 0) is 24.0 Å². The Kier molecular flexibility index (Phi) is 11.3. The average Bonchev–Trinajstić information content (AvgIpc) is 3.81. The molecule has 0 unspecified atom stereocenters. The first-order valence-corrected chi connectivity index (χ1v) is 19.1. The maximum Gasteiger partial charge on any atom is 0.361 e. The number of aromatic hydroxyl groups is 2. The summed E-state index contributed by atoms with van der Waals surface area (Å²) in [5, 5.41) is 48.4. The fourth-order valence-electron chi connectivity index (χ4n) is 5.29. The van der Waals surface area contributed by atoms with Crippen LogP contribution < -0.4 is 32.9 Å². The van der Waals surface area contributed by atoms with Crippen molar-refractivity contribution in [3.05, 3.63) is 69.2 Å². The van der Waals surface area contributed by atoms with Crippen LogP contribution in [0.25, 0.3) is 0 Å². The second-order valence-electron chi connectivity index (χ2n) is 12.6. The molecular weight excluding hydrogens is 813 g/mol. The molecule has 5 heterocycles. The molecule has 0 spiro atoms. The number of anilines is 1. The highest BCUT2D eigenvalue weighted by atomic mass is 32.2. The molecule has 6 rings (SSSR count). The van der Waals surface area contributed by atoms with E-state index in [1.165, 1.54) is 65.5 Å². The number of urea groups is 1. The van der Waals surface area contributed by atoms with E-state index in [0.717, 1.165) is 33.4 Å². The molecule has 23 nitrogen and oxygen atoms in total. The van der Waals surface area contributed by atoms with Crippen molar-refractivity contribution in [3.8, 4) is 11.5 Å². The van der Waals surface area contributed by atoms with Crippen molar-refractivity contribution in [2.45, 2.75) is 37.8 Å². The van der Waals surface area contributed by atoms with Gasteiger partial charge in [0.25, 0.3) is 23.6 Å². The first-order valence-electron chi connectivity index (χ1n) is 16.2. The van der Waals surface area contributed by atoms with Gasteiger partial charge in [0.05, 0.1) is 11.2 Å². The van der Waals surface area contributed by atoms with Crippen molar-refractivity contribution in [2.75, 3.05) is 17.2 Å². The molecule has 4 aliphatic heterocycles. The first kappa shape index (κ1) is 40.3. The molecule has 57 heavy (non-hydrogen) atoms. The van der Waals surface area contributed by atoms with Crippen LogP contribution in [0.1, 0.15) is 36.8 Å². The van der Waals surface area contributed by atoms with Crippen LogP contribution in [0.5, 0.6) is 11.5 Å². The number of thiazole rings is 1. The van der Waals surface area contributed by atoms with E-state index in [0.29, 0.717) is 22.1 Å². The van der Waals surface area contributed by atoms with Crippen LogP contribution in [0.4, 0.5) is 9.93 Å². The molecule has 0 radical (unpaired) electrons. The number of hydrazine groups is 3. The van der Waals surface area contributed by atoms with Crippen molar-refractivity contribution >= 4 is 87.0 Å². The first-order chi connectivity index (χ1) is 27.0. The second-order valence-corrected chi connectivity index (χ2v) is 15.6. The van der Waals surface area contributed by atoms with Crippen molar-refractivity contribution in [1.82, 2.24) is 47.1 Å². The van der Waals surface area contributed by atoms with Crippen LogP contribution in [-0.4, -0.2) is 116 Å². The van der Waals surface area contributed by atoms with Gasteiger partial charge in [0.1, 0.15) is 22.8 Å². The Morgan fingerprint density at radius 1 is 1.18 bits per heavy atom. The van der Waals surface area contributed by atoms with Gasteiger partial charge in [0.15, 0.2) is 28.2 Å². The quantitative estimate of drug-likeness (QED) is 0.0461. The summed E-state index contributed by atoms with van der Waals surface area (Å²) in [5.74, 6) is -5.17. The third kappa shape index (κ3) is 8.28. The number of carboxylic acids is 1. The summed E-state index contributed by atoms with van der Waals surface area (Å²) in [6.07, 6.45) is 3.05. The second kappa shape index (κ2) is 16.0. The van der Waals surface area contributed by atoms with E-state index in [-0.39, 0.29) is 33.6 Å². The van der Waals surface area contributed by atoms with Gasteiger partial charge in [-0.2, -0.15) is 0 Å². The highest BCUT2D eigenvalue weighted by Gasteiger charge is 2.54. The number of rotatable bonds is 11. The lowest BCUT2D eigenvalue weighted by Crippen LogP contribution is -2.71. The van der Waals surface area contributed by atoms with Crippen molar-refractivity contribution in [2.24, 2.45) is 10.1 Å². The van der Waals surface area contributed by atoms with E-state index in [4.69, 9.17) is 15.8 Å². The van der Waals surface area contributed by atoms with Gasteiger partial charge >= 0.3 is 12.0 Å². The molecule has 2 atom stereocenters. The lowest BCUT2D eigenvalue weighted by molar-refractivity contribution is -0.150. The predicted molar refractivity (Wildman–Crippen MR) is 202 cm³/mol. The number of carboxylic acid groups (broad SMARTS) is 1. The fraction of sp³-hybridized carbons (Fsp3) is 0.258. The number of benzene rings is 1. The van der Waals surface area contributed by atoms with E-state index in [9.17, 15) is 44.1 Å². The van der Waals surface area contributed by atoms with Gasteiger partial charge in [0.2, 0.25) is 5.60 Å². The molecule has 300 valence electrons. The van der Waals surface area contributed by atoms with E-state index < -0.39 is 69.9 Å². The number of aliphatic imine (C=N–C) groups is 1. The number of hydrogen-bond acceptors (Lipinski definition) is 19. The number of nitrogen functional groups attached to an aromatic ring is 1. The summed E-state index contributed by atoms with van der Waals surface area (Å²) in [6.45, 7) is 4.28. The Morgan fingerprint density at radius 3 is 2.60 bits per heavy atom. The minimum atomic E-state index is -1.83. The van der Waals surface area contributed by atoms with Crippen molar-refractivity contribution in [3.63, 3.8) is 0 Å². The molecule has 1 aromatic heterocycles. The number of carbonyl (C=O) groups is 6. The number of nitrogens with one attached hydrogen (secondary N) is 5. The van der Waals surface area contributed by atoms with E-state index in [2.05, 4.69) is 36.8 Å². The Bertz CT molecular complexity index is 2240. The zero-order valence-corrected chi connectivity index (χ0v) is 32.1. The number of thioether (sulfide) groups is 2. The Hall–Kier alpha value is -6.35. The Labute approximate surface area is 333 Å². The Balaban J connectivity index is 1.12. The summed E-state index contributed by atoms with van der Waals surface area (Å²) in [7, 11) is 0. The monoisotopic (exact) mass is 844 g/mol. The molecular formula is C31H32N12O11S3. The van der Waals surface area contributed by atoms with E-state index >= 15 is 0 Å². The number of fused-ring (bicyclic) bond motifs is 2. The van der Waals surface area contributed by atoms with Gasteiger partial charge in [0, 0.05) is 28.2 Å². The van der Waals surface area contributed by atoms with Gasteiger partial charge in [-0.05, 0) is 50.6 Å². The zero-order chi connectivity index (χ0) is 41.3. The third-order valence-electron chi connectivity index (χ3n) is 8.19. The number of amides is 6. The molecule has 1 aromatic carbocycles. The average molecular weight is 845 g/mol. The molecule has 2 aromatic rings. The number of phenolic OH excluding ortho intramolecular Hbond substituents is 2. The van der Waals surface area contributed by atoms with Gasteiger partial charge < -0.3 is 31.2 Å². The normalized spacial score (nSPS) is 19.0. The highest BCUT2D eigenvalue weighted by molar-refractivity contribution is 8.03. The molecule has 0 aliphatic carbocycles. The number of hydrogen-bond donors (Lipinski definition) is 10. The predicted octanol–water partition coefficient (Wildman–Crippen LogP) is -0.180. The summed E-state index contributed by atoms with van der Waals surface area (Å²) >= 11 is 3.40. The largest absolute Gasteiger partial charge is 0.504 e. The van der Waals surface area contributed by atoms with Crippen LogP contribution in [0.15, 0.2) is 68.1 Å². The molecule has 1 fully saturated rings. The van der Waals surface area contributed by atoms with Crippen LogP contribution in [0.2, 0.25) is 0 Å². The van der Waals surface area contributed by atoms with E-state index in [1.807, 2.05) is 0 Å². The van der Waals surface area contributed by atoms with Crippen molar-refractivity contribution in [1.29, 1.82) is 0 Å². The number of aliphatic carboxylic acids is 1. The maximum atomic E-state index is 13.7. The summed E-state index contributed by atoms with van der Waals surface area (Å²) < 4.78 is 0. The van der Waals surface area contributed by atoms with Crippen LogP contribution in [0, 0.1) is 0 Å². The van der Waals surface area contributed by atoms with E-state index in [1.54, 1.807) is 13.0 Å². The SMILES string of the molecule is CC1=NC2=CN(C(=O)NO)NN2C(SCC2=C(C(=O)O)N3C(=O)[C@@H](NC(=O)C(=NOC(C)(C)C(=O)NNC(=O)c4ccc(O)c(O)c4)c4csc(N)n4)[C@H]3SC2)=C1. The molecule has 11 N–H and O–H groups in total. The lowest BCUT2D eigenvalue weighted by Gasteiger charge is -2.49. The van der Waals surface area contributed by atoms with Gasteiger partial charge in [-0.15, -0.1) is 40.4 Å². The van der Waals surface area contributed by atoms with Crippen LogP contribution in [0.3, 0.4) is 0 Å². The van der Waals surface area contributed by atoms with Gasteiger partial charge in [-0.25, -0.2) is 35.1 Å². The lowest BCUT2D eigenvalue weighted by atomic mass is 10.0. The minimum Gasteiger partial charge on any atom is -0.504 e. The van der Waals surface area contributed by atoms with Gasteiger partial charge in [-0.1, -0.05) is 5.16 Å². The number of hydroxylamine groups is 1. The number of oxime groups is 1. The highest BCUT2D eigenvalue weighted by Crippen LogP contribution is 2.42. The van der Waals surface area contributed by atoms with Gasteiger partial charge in [-0.3, -0.25) is 40.1 Å². The summed E-state index contributed by atoms with van der Waals surface area (Å²) in [6, 6.07) is 1.20. The van der Waals surface area contributed by atoms with Crippen molar-refractivity contribution < 1.29 is 54.1 Å². The maximum absolute atomic E-state index is 13.7. The summed E-state index contributed by atoms with van der Waals surface area (Å²) in [5.41, 5.74) is 12.6. The number of nitrogens with zero attached hydrogens (tertiary/aromatic N) is 6. The topological polar surface area (TPSA) is 326 Å². The number of phenols is 2. The molecule has 6 amide bonds. The molecule has 0 bridgehead atoms. The number of β-lactam (4-membered cyclic amide) rings is 1. The van der Waals surface area contributed by atoms with Crippen LogP contribution >= 0.6 is 34.9 Å². The summed E-state index contributed by atoms with van der Waals surface area (Å²) in [4.78, 5) is 92.0. The number of aromatic nitrogens is 1. The minimum absolute atomic E-state index is 0.0556. The third-order valence-corrected chi connectivity index (χ3v) is 11.3.